The number of methoxy groups -OCH3 is 3. The Morgan fingerprint density at radius 3 is 2.08 bits per heavy atom. The first kappa shape index (κ1) is 18.1. The van der Waals surface area contributed by atoms with Gasteiger partial charge in [0, 0.05) is 27.0 Å². The minimum absolute atomic E-state index is 0.0521. The van der Waals surface area contributed by atoms with E-state index >= 15 is 0 Å². The molecule has 0 bridgehead atoms. The molecular formula is C20H20O5S. The molecule has 0 amide bonds. The van der Waals surface area contributed by atoms with Crippen LogP contribution in [0.25, 0.3) is 10.1 Å². The molecule has 0 unspecified atom stereocenters. The summed E-state index contributed by atoms with van der Waals surface area (Å²) in [5, 5.41) is 11.1. The quantitative estimate of drug-likeness (QED) is 0.669. The van der Waals surface area contributed by atoms with Crippen LogP contribution in [0.4, 0.5) is 0 Å². The number of thiophene rings is 1. The van der Waals surface area contributed by atoms with Crippen molar-refractivity contribution < 1.29 is 24.1 Å². The van der Waals surface area contributed by atoms with E-state index in [1.807, 2.05) is 13.8 Å². The molecule has 136 valence electrons. The number of rotatable bonds is 5. The Morgan fingerprint density at radius 2 is 1.54 bits per heavy atom. The zero-order valence-electron chi connectivity index (χ0n) is 15.3. The third kappa shape index (κ3) is 2.76. The van der Waals surface area contributed by atoms with Crippen molar-refractivity contribution in [3.05, 3.63) is 45.8 Å². The second-order valence-corrected chi connectivity index (χ2v) is 7.09. The number of carbonyl (C=O) groups excluding carboxylic acids is 1. The fourth-order valence-electron chi connectivity index (χ4n) is 3.06. The van der Waals surface area contributed by atoms with E-state index in [0.29, 0.717) is 38.5 Å². The predicted molar refractivity (Wildman–Crippen MR) is 102 cm³/mol. The molecule has 1 heterocycles. The van der Waals surface area contributed by atoms with Crippen molar-refractivity contribution in [2.75, 3.05) is 21.3 Å². The van der Waals surface area contributed by atoms with Gasteiger partial charge in [0.15, 0.2) is 17.3 Å². The molecule has 0 radical (unpaired) electrons. The Kier molecular flexibility index (Phi) is 4.78. The maximum absolute atomic E-state index is 13.2. The van der Waals surface area contributed by atoms with Crippen LogP contribution in [0.15, 0.2) is 24.3 Å². The van der Waals surface area contributed by atoms with Gasteiger partial charge in [0.2, 0.25) is 0 Å². The van der Waals surface area contributed by atoms with E-state index in [2.05, 4.69) is 0 Å². The van der Waals surface area contributed by atoms with Crippen LogP contribution in [0, 0.1) is 13.8 Å². The molecule has 0 fully saturated rings. The SMILES string of the molecule is COc1cc(C(=O)c2c(C)sc3c(O)c(OC)ccc23)cc(OC)c1C. The molecule has 0 aliphatic rings. The van der Waals surface area contributed by atoms with E-state index in [1.165, 1.54) is 18.4 Å². The van der Waals surface area contributed by atoms with Crippen molar-refractivity contribution in [2.24, 2.45) is 0 Å². The van der Waals surface area contributed by atoms with E-state index in [4.69, 9.17) is 14.2 Å². The first-order valence-electron chi connectivity index (χ1n) is 7.99. The fourth-order valence-corrected chi connectivity index (χ4v) is 4.14. The van der Waals surface area contributed by atoms with Gasteiger partial charge in [-0.05, 0) is 38.1 Å². The number of fused-ring (bicyclic) bond motifs is 1. The summed E-state index contributed by atoms with van der Waals surface area (Å²) in [6, 6.07) is 6.89. The lowest BCUT2D eigenvalue weighted by Crippen LogP contribution is -2.04. The van der Waals surface area contributed by atoms with Gasteiger partial charge in [-0.25, -0.2) is 0 Å². The monoisotopic (exact) mass is 372 g/mol. The lowest BCUT2D eigenvalue weighted by molar-refractivity contribution is 0.103. The van der Waals surface area contributed by atoms with Gasteiger partial charge in [0.05, 0.1) is 26.0 Å². The standard InChI is InChI=1S/C20H20O5S/c1-10-15(24-4)8-12(9-16(10)25-5)18(21)17-11(2)26-20-13(17)6-7-14(23-3)19(20)22/h6-9,22H,1-5H3. The number of hydrogen-bond acceptors (Lipinski definition) is 6. The van der Waals surface area contributed by atoms with E-state index < -0.39 is 0 Å². The summed E-state index contributed by atoms with van der Waals surface area (Å²) in [5.41, 5.74) is 1.87. The van der Waals surface area contributed by atoms with Crippen LogP contribution < -0.4 is 14.2 Å². The average Bonchev–Trinajstić information content (AvgIpc) is 2.98. The second-order valence-electron chi connectivity index (χ2n) is 5.86. The first-order chi connectivity index (χ1) is 12.4. The number of carbonyl (C=O) groups is 1. The zero-order valence-corrected chi connectivity index (χ0v) is 16.1. The Balaban J connectivity index is 2.20. The largest absolute Gasteiger partial charge is 0.503 e. The maximum Gasteiger partial charge on any atom is 0.195 e. The third-order valence-electron chi connectivity index (χ3n) is 4.43. The van der Waals surface area contributed by atoms with Crippen molar-refractivity contribution in [2.45, 2.75) is 13.8 Å². The Bertz CT molecular complexity index is 978. The van der Waals surface area contributed by atoms with E-state index in [0.717, 1.165) is 10.4 Å². The summed E-state index contributed by atoms with van der Waals surface area (Å²) in [5.74, 6) is 1.48. The Hall–Kier alpha value is -2.73. The Labute approximate surface area is 155 Å². The van der Waals surface area contributed by atoms with Crippen LogP contribution in [-0.2, 0) is 0 Å². The van der Waals surface area contributed by atoms with Crippen LogP contribution in [0.3, 0.4) is 0 Å². The zero-order chi connectivity index (χ0) is 19.0. The molecule has 0 aliphatic carbocycles. The predicted octanol–water partition coefficient (Wildman–Crippen LogP) is 4.48. The molecule has 0 saturated heterocycles. The summed E-state index contributed by atoms with van der Waals surface area (Å²) >= 11 is 1.37. The second kappa shape index (κ2) is 6.88. The van der Waals surface area contributed by atoms with Gasteiger partial charge < -0.3 is 19.3 Å². The summed E-state index contributed by atoms with van der Waals surface area (Å²) in [4.78, 5) is 14.1. The van der Waals surface area contributed by atoms with Gasteiger partial charge in [-0.2, -0.15) is 0 Å². The first-order valence-corrected chi connectivity index (χ1v) is 8.80. The summed E-state index contributed by atoms with van der Waals surface area (Å²) < 4.78 is 16.5. The lowest BCUT2D eigenvalue weighted by Gasteiger charge is -2.12. The van der Waals surface area contributed by atoms with Crippen molar-refractivity contribution in [3.63, 3.8) is 0 Å². The molecule has 0 saturated carbocycles. The van der Waals surface area contributed by atoms with Gasteiger partial charge in [0.1, 0.15) is 11.5 Å². The minimum atomic E-state index is -0.144. The number of ketones is 1. The molecule has 26 heavy (non-hydrogen) atoms. The van der Waals surface area contributed by atoms with Crippen LogP contribution in [0.1, 0.15) is 26.4 Å². The molecule has 1 aromatic heterocycles. The molecule has 5 nitrogen and oxygen atoms in total. The molecule has 1 N–H and O–H groups in total. The van der Waals surface area contributed by atoms with Crippen molar-refractivity contribution in [1.82, 2.24) is 0 Å². The minimum Gasteiger partial charge on any atom is -0.503 e. The highest BCUT2D eigenvalue weighted by molar-refractivity contribution is 7.20. The number of phenols is 1. The number of phenolic OH excluding ortho intramolecular Hbond substituents is 1. The normalized spacial score (nSPS) is 10.8. The smallest absolute Gasteiger partial charge is 0.195 e. The molecule has 3 aromatic rings. The molecule has 0 atom stereocenters. The summed E-state index contributed by atoms with van der Waals surface area (Å²) in [6.45, 7) is 3.74. The van der Waals surface area contributed by atoms with E-state index in [1.54, 1.807) is 38.5 Å². The van der Waals surface area contributed by atoms with Crippen LogP contribution >= 0.6 is 11.3 Å². The Morgan fingerprint density at radius 1 is 0.962 bits per heavy atom. The lowest BCUT2D eigenvalue weighted by atomic mass is 9.98. The number of ether oxygens (including phenoxy) is 3. The van der Waals surface area contributed by atoms with Crippen molar-refractivity contribution in [3.8, 4) is 23.0 Å². The highest BCUT2D eigenvalue weighted by atomic mass is 32.1. The summed E-state index contributed by atoms with van der Waals surface area (Å²) in [6.07, 6.45) is 0. The molecule has 0 spiro atoms. The highest BCUT2D eigenvalue weighted by Crippen LogP contribution is 2.43. The molecule has 0 aliphatic heterocycles. The van der Waals surface area contributed by atoms with Gasteiger partial charge in [-0.1, -0.05) is 0 Å². The van der Waals surface area contributed by atoms with Gasteiger partial charge in [-0.15, -0.1) is 11.3 Å². The van der Waals surface area contributed by atoms with Crippen LogP contribution in [0.2, 0.25) is 0 Å². The van der Waals surface area contributed by atoms with Crippen molar-refractivity contribution in [1.29, 1.82) is 0 Å². The summed E-state index contributed by atoms with van der Waals surface area (Å²) in [7, 11) is 4.62. The van der Waals surface area contributed by atoms with Gasteiger partial charge in [0.25, 0.3) is 0 Å². The molecule has 2 aromatic carbocycles. The number of aryl methyl sites for hydroxylation is 1. The van der Waals surface area contributed by atoms with Crippen LogP contribution in [-0.4, -0.2) is 32.2 Å². The number of aromatic hydroxyl groups is 1. The van der Waals surface area contributed by atoms with Crippen LogP contribution in [0.5, 0.6) is 23.0 Å². The fraction of sp³-hybridized carbons (Fsp3) is 0.250. The van der Waals surface area contributed by atoms with Gasteiger partial charge in [-0.3, -0.25) is 4.79 Å². The number of hydrogen-bond donors (Lipinski definition) is 1. The molecule has 3 rings (SSSR count). The van der Waals surface area contributed by atoms with Gasteiger partial charge >= 0.3 is 0 Å². The molecular weight excluding hydrogens is 352 g/mol. The van der Waals surface area contributed by atoms with E-state index in [-0.39, 0.29) is 11.5 Å². The van der Waals surface area contributed by atoms with E-state index in [9.17, 15) is 9.90 Å². The maximum atomic E-state index is 13.2. The third-order valence-corrected chi connectivity index (χ3v) is 5.56. The highest BCUT2D eigenvalue weighted by Gasteiger charge is 2.23. The molecule has 6 heteroatoms. The average molecular weight is 372 g/mol. The topological polar surface area (TPSA) is 65.0 Å². The van der Waals surface area contributed by atoms with Crippen molar-refractivity contribution >= 4 is 27.2 Å². The number of benzene rings is 2.